The number of para-hydroxylation sites is 1. The molecule has 3 rings (SSSR count). The van der Waals surface area contributed by atoms with Gasteiger partial charge in [0.2, 0.25) is 0 Å². The van der Waals surface area contributed by atoms with E-state index in [1.165, 1.54) is 10.7 Å². The van der Waals surface area contributed by atoms with Crippen LogP contribution in [-0.2, 0) is 0 Å². The standard InChI is InChI=1S/C18H14N4O5/c1-10-15(16(23)22(21-10)12-5-3-2-4-6-12)20-19-11-7-8-13(17(24)25)14(9-11)18(26)27/h2-9,21H,1H3,(H,24,25)(H,26,27). The molecule has 0 unspecified atom stereocenters. The number of carboxylic acids is 2. The van der Waals surface area contributed by atoms with Crippen LogP contribution in [0.3, 0.4) is 0 Å². The van der Waals surface area contributed by atoms with Crippen molar-refractivity contribution < 1.29 is 19.8 Å². The highest BCUT2D eigenvalue weighted by molar-refractivity contribution is 6.02. The predicted molar refractivity (Wildman–Crippen MR) is 95.7 cm³/mol. The molecular formula is C18H14N4O5. The largest absolute Gasteiger partial charge is 0.478 e. The van der Waals surface area contributed by atoms with Crippen LogP contribution in [0.25, 0.3) is 5.69 Å². The first-order chi connectivity index (χ1) is 12.9. The molecule has 0 amide bonds. The van der Waals surface area contributed by atoms with Crippen LogP contribution in [0, 0.1) is 6.92 Å². The summed E-state index contributed by atoms with van der Waals surface area (Å²) in [6.07, 6.45) is 0. The van der Waals surface area contributed by atoms with E-state index in [1.54, 1.807) is 31.2 Å². The number of benzene rings is 2. The van der Waals surface area contributed by atoms with Crippen LogP contribution in [0.2, 0.25) is 0 Å². The van der Waals surface area contributed by atoms with Crippen molar-refractivity contribution in [2.45, 2.75) is 6.92 Å². The third-order valence-corrected chi connectivity index (χ3v) is 3.78. The Morgan fingerprint density at radius 3 is 2.26 bits per heavy atom. The third kappa shape index (κ3) is 3.52. The second-order valence-corrected chi connectivity index (χ2v) is 5.60. The molecule has 1 aromatic heterocycles. The van der Waals surface area contributed by atoms with Gasteiger partial charge in [-0.3, -0.25) is 9.89 Å². The summed E-state index contributed by atoms with van der Waals surface area (Å²) in [5.41, 5.74) is 0.112. The van der Waals surface area contributed by atoms with Crippen LogP contribution < -0.4 is 5.56 Å². The van der Waals surface area contributed by atoms with Gasteiger partial charge in [0.25, 0.3) is 5.56 Å². The smallest absolute Gasteiger partial charge is 0.336 e. The molecule has 0 saturated carbocycles. The second-order valence-electron chi connectivity index (χ2n) is 5.60. The van der Waals surface area contributed by atoms with E-state index < -0.39 is 23.1 Å². The molecule has 1 heterocycles. The topological polar surface area (TPSA) is 137 Å². The zero-order chi connectivity index (χ0) is 19.6. The van der Waals surface area contributed by atoms with Crippen molar-refractivity contribution in [3.63, 3.8) is 0 Å². The molecule has 3 aromatic rings. The molecule has 27 heavy (non-hydrogen) atoms. The number of aromatic nitrogens is 2. The quantitative estimate of drug-likeness (QED) is 0.595. The summed E-state index contributed by atoms with van der Waals surface area (Å²) in [6, 6.07) is 12.4. The lowest BCUT2D eigenvalue weighted by Gasteiger charge is -2.01. The van der Waals surface area contributed by atoms with Gasteiger partial charge in [-0.05, 0) is 37.3 Å². The van der Waals surface area contributed by atoms with E-state index in [4.69, 9.17) is 10.2 Å². The number of hydrogen-bond donors (Lipinski definition) is 3. The zero-order valence-corrected chi connectivity index (χ0v) is 14.1. The number of aryl methyl sites for hydroxylation is 1. The molecule has 2 aromatic carbocycles. The van der Waals surface area contributed by atoms with E-state index in [2.05, 4.69) is 15.3 Å². The maximum Gasteiger partial charge on any atom is 0.336 e. The molecule has 9 nitrogen and oxygen atoms in total. The maximum atomic E-state index is 12.5. The summed E-state index contributed by atoms with van der Waals surface area (Å²) < 4.78 is 1.32. The zero-order valence-electron chi connectivity index (χ0n) is 14.1. The normalized spacial score (nSPS) is 11.0. The Hall–Kier alpha value is -4.01. The van der Waals surface area contributed by atoms with E-state index in [1.807, 2.05) is 6.07 Å². The fraction of sp³-hybridized carbons (Fsp3) is 0.0556. The van der Waals surface area contributed by atoms with Crippen molar-refractivity contribution in [1.82, 2.24) is 9.78 Å². The predicted octanol–water partition coefficient (Wildman–Crippen LogP) is 3.29. The Bertz CT molecular complexity index is 1110. The molecule has 0 aliphatic carbocycles. The minimum atomic E-state index is -1.39. The number of aromatic amines is 1. The first kappa shape index (κ1) is 17.8. The average Bonchev–Trinajstić information content (AvgIpc) is 2.94. The lowest BCUT2D eigenvalue weighted by molar-refractivity contribution is 0.0651. The Balaban J connectivity index is 1.99. The summed E-state index contributed by atoms with van der Waals surface area (Å²) in [4.78, 5) is 34.8. The summed E-state index contributed by atoms with van der Waals surface area (Å²) in [6.45, 7) is 1.66. The monoisotopic (exact) mass is 366 g/mol. The third-order valence-electron chi connectivity index (χ3n) is 3.78. The molecule has 0 fully saturated rings. The number of azo groups is 1. The lowest BCUT2D eigenvalue weighted by Crippen LogP contribution is -2.13. The van der Waals surface area contributed by atoms with Gasteiger partial charge in [-0.25, -0.2) is 14.3 Å². The minimum Gasteiger partial charge on any atom is -0.478 e. The Morgan fingerprint density at radius 1 is 0.963 bits per heavy atom. The highest BCUT2D eigenvalue weighted by atomic mass is 16.4. The molecule has 3 N–H and O–H groups in total. The van der Waals surface area contributed by atoms with Gasteiger partial charge in [-0.1, -0.05) is 18.2 Å². The second kappa shape index (κ2) is 7.08. The first-order valence-corrected chi connectivity index (χ1v) is 7.78. The number of hydrogen-bond acceptors (Lipinski definition) is 5. The van der Waals surface area contributed by atoms with Gasteiger partial charge >= 0.3 is 11.9 Å². The van der Waals surface area contributed by atoms with Gasteiger partial charge in [0.05, 0.1) is 28.2 Å². The minimum absolute atomic E-state index is 0.0676. The van der Waals surface area contributed by atoms with Crippen LogP contribution in [0.5, 0.6) is 0 Å². The van der Waals surface area contributed by atoms with E-state index in [0.717, 1.165) is 12.1 Å². The Morgan fingerprint density at radius 2 is 1.63 bits per heavy atom. The van der Waals surface area contributed by atoms with Crippen molar-refractivity contribution in [3.8, 4) is 5.69 Å². The number of carboxylic acid groups (broad SMARTS) is 2. The van der Waals surface area contributed by atoms with E-state index in [0.29, 0.717) is 11.4 Å². The molecule has 0 aliphatic rings. The molecule has 0 aliphatic heterocycles. The number of nitrogens with one attached hydrogen (secondary N) is 1. The number of aromatic carboxylic acids is 2. The molecule has 0 spiro atoms. The number of H-pyrrole nitrogens is 1. The van der Waals surface area contributed by atoms with Crippen molar-refractivity contribution in [3.05, 3.63) is 75.7 Å². The van der Waals surface area contributed by atoms with Crippen molar-refractivity contribution in [2.24, 2.45) is 10.2 Å². The average molecular weight is 366 g/mol. The lowest BCUT2D eigenvalue weighted by atomic mass is 10.1. The number of rotatable bonds is 5. The van der Waals surface area contributed by atoms with E-state index >= 15 is 0 Å². The SMILES string of the molecule is Cc1[nH]n(-c2ccccc2)c(=O)c1N=Nc1ccc(C(=O)O)c(C(=O)O)c1. The fourth-order valence-corrected chi connectivity index (χ4v) is 2.48. The fourth-order valence-electron chi connectivity index (χ4n) is 2.48. The number of nitrogens with zero attached hydrogens (tertiary/aromatic N) is 3. The van der Waals surface area contributed by atoms with Crippen LogP contribution in [0.15, 0.2) is 63.6 Å². The molecule has 0 radical (unpaired) electrons. The Kier molecular flexibility index (Phi) is 4.67. The number of carbonyl (C=O) groups is 2. The molecule has 136 valence electrons. The highest BCUT2D eigenvalue weighted by Gasteiger charge is 2.17. The van der Waals surface area contributed by atoms with Crippen molar-refractivity contribution in [1.29, 1.82) is 0 Å². The molecular weight excluding hydrogens is 352 g/mol. The molecule has 0 bridgehead atoms. The van der Waals surface area contributed by atoms with Crippen molar-refractivity contribution >= 4 is 23.3 Å². The summed E-state index contributed by atoms with van der Waals surface area (Å²) in [7, 11) is 0. The van der Waals surface area contributed by atoms with Gasteiger partial charge in [0, 0.05) is 0 Å². The van der Waals surface area contributed by atoms with Gasteiger partial charge in [-0.15, -0.1) is 5.11 Å². The summed E-state index contributed by atoms with van der Waals surface area (Å²) >= 11 is 0. The van der Waals surface area contributed by atoms with Gasteiger partial charge in [-0.2, -0.15) is 5.11 Å². The summed E-state index contributed by atoms with van der Waals surface area (Å²) in [5, 5.41) is 28.9. The van der Waals surface area contributed by atoms with Crippen LogP contribution in [0.1, 0.15) is 26.4 Å². The maximum absolute atomic E-state index is 12.5. The van der Waals surface area contributed by atoms with Gasteiger partial charge in [0.1, 0.15) is 0 Å². The van der Waals surface area contributed by atoms with Crippen LogP contribution >= 0.6 is 0 Å². The summed E-state index contributed by atoms with van der Waals surface area (Å²) in [5.74, 6) is -2.75. The first-order valence-electron chi connectivity index (χ1n) is 7.78. The molecule has 9 heteroatoms. The van der Waals surface area contributed by atoms with E-state index in [-0.39, 0.29) is 16.9 Å². The van der Waals surface area contributed by atoms with Crippen LogP contribution in [-0.4, -0.2) is 31.9 Å². The Labute approximate surface area is 152 Å². The van der Waals surface area contributed by atoms with Gasteiger partial charge in [0.15, 0.2) is 5.69 Å². The van der Waals surface area contributed by atoms with Crippen molar-refractivity contribution in [2.75, 3.05) is 0 Å². The van der Waals surface area contributed by atoms with E-state index in [9.17, 15) is 14.4 Å². The molecule has 0 atom stereocenters. The highest BCUT2D eigenvalue weighted by Crippen LogP contribution is 2.22. The molecule has 0 saturated heterocycles. The van der Waals surface area contributed by atoms with Crippen LogP contribution in [0.4, 0.5) is 11.4 Å². The van der Waals surface area contributed by atoms with Gasteiger partial charge < -0.3 is 10.2 Å².